The monoisotopic (exact) mass is 459 g/mol. The average molecular weight is 460 g/mol. The number of amides is 3. The number of carbonyl (C=O) groups excluding carboxylic acids is 3. The van der Waals surface area contributed by atoms with Gasteiger partial charge in [-0.05, 0) is 30.3 Å². The van der Waals surface area contributed by atoms with Gasteiger partial charge >= 0.3 is 0 Å². The van der Waals surface area contributed by atoms with Crippen molar-refractivity contribution in [2.75, 3.05) is 18.6 Å². The van der Waals surface area contributed by atoms with Gasteiger partial charge < -0.3 is 10.5 Å². The van der Waals surface area contributed by atoms with Crippen molar-refractivity contribution in [1.29, 1.82) is 0 Å². The fourth-order valence-electron chi connectivity index (χ4n) is 3.88. The summed E-state index contributed by atoms with van der Waals surface area (Å²) in [6.07, 6.45) is -1.05. The molecule has 2 heterocycles. The highest BCUT2D eigenvalue weighted by Gasteiger charge is 2.60. The zero-order chi connectivity index (χ0) is 20.7. The first-order valence-electron chi connectivity index (χ1n) is 8.90. The smallest absolute Gasteiger partial charge is 0.265 e. The summed E-state index contributed by atoms with van der Waals surface area (Å²) in [5.74, 6) is -1.84. The summed E-state index contributed by atoms with van der Waals surface area (Å²) in [5.41, 5.74) is 6.46. The predicted molar refractivity (Wildman–Crippen MR) is 107 cm³/mol. The van der Waals surface area contributed by atoms with Gasteiger partial charge in [0.15, 0.2) is 6.10 Å². The van der Waals surface area contributed by atoms with Crippen LogP contribution in [0.1, 0.15) is 11.6 Å². The number of hydrogen-bond donors (Lipinski definition) is 1. The minimum atomic E-state index is -1.05. The van der Waals surface area contributed by atoms with Crippen LogP contribution in [0.15, 0.2) is 53.0 Å². The molecule has 0 radical (unpaired) electrons. The molecule has 4 rings (SSSR count). The standard InChI is InChI=1S/C20H18BrN3O5/c1-28-14-8-7-11(21)9-13(14)17-16-18(29-23(17)10-15(22)25)20(27)24(19(16)26)12-5-3-2-4-6-12/h2-9,16-18H,10H2,1H3,(H2,22,25). The number of primary amides is 1. The highest BCUT2D eigenvalue weighted by atomic mass is 79.9. The van der Waals surface area contributed by atoms with E-state index in [2.05, 4.69) is 15.9 Å². The zero-order valence-electron chi connectivity index (χ0n) is 15.4. The number of rotatable bonds is 5. The molecule has 0 aliphatic carbocycles. The summed E-state index contributed by atoms with van der Waals surface area (Å²) in [4.78, 5) is 44.9. The molecule has 2 aliphatic rings. The molecule has 0 spiro atoms. The van der Waals surface area contributed by atoms with Gasteiger partial charge in [-0.2, -0.15) is 5.06 Å². The van der Waals surface area contributed by atoms with Crippen LogP contribution >= 0.6 is 15.9 Å². The Morgan fingerprint density at radius 1 is 1.17 bits per heavy atom. The van der Waals surface area contributed by atoms with Crippen molar-refractivity contribution in [1.82, 2.24) is 5.06 Å². The van der Waals surface area contributed by atoms with Crippen LogP contribution in [-0.2, 0) is 19.2 Å². The number of imide groups is 1. The SMILES string of the molecule is COc1ccc(Br)cc1C1C2C(=O)N(c3ccccc3)C(=O)C2ON1CC(N)=O. The fourth-order valence-corrected chi connectivity index (χ4v) is 4.25. The number of nitrogens with two attached hydrogens (primary N) is 1. The van der Waals surface area contributed by atoms with Crippen LogP contribution < -0.4 is 15.4 Å². The van der Waals surface area contributed by atoms with E-state index in [1.807, 2.05) is 0 Å². The lowest BCUT2D eigenvalue weighted by Gasteiger charge is -2.27. The molecule has 150 valence electrons. The van der Waals surface area contributed by atoms with E-state index < -0.39 is 35.8 Å². The number of fused-ring (bicyclic) bond motifs is 1. The van der Waals surface area contributed by atoms with Gasteiger partial charge in [-0.15, -0.1) is 0 Å². The third-order valence-corrected chi connectivity index (χ3v) is 5.52. The number of hydrogen-bond acceptors (Lipinski definition) is 6. The molecular weight excluding hydrogens is 442 g/mol. The Hall–Kier alpha value is -2.75. The number of nitrogens with zero attached hydrogens (tertiary/aromatic N) is 2. The summed E-state index contributed by atoms with van der Waals surface area (Å²) in [5, 5.41) is 1.31. The summed E-state index contributed by atoms with van der Waals surface area (Å²) in [7, 11) is 1.51. The van der Waals surface area contributed by atoms with Gasteiger partial charge in [-0.25, -0.2) is 4.90 Å². The average Bonchev–Trinajstić information content (AvgIpc) is 3.17. The molecule has 0 aromatic heterocycles. The number of benzene rings is 2. The van der Waals surface area contributed by atoms with E-state index in [4.69, 9.17) is 15.3 Å². The van der Waals surface area contributed by atoms with Crippen molar-refractivity contribution < 1.29 is 24.0 Å². The molecule has 2 aromatic carbocycles. The summed E-state index contributed by atoms with van der Waals surface area (Å²) in [6, 6.07) is 13.3. The maximum absolute atomic E-state index is 13.3. The summed E-state index contributed by atoms with van der Waals surface area (Å²) < 4.78 is 6.22. The Balaban J connectivity index is 1.80. The minimum Gasteiger partial charge on any atom is -0.496 e. The third kappa shape index (κ3) is 3.31. The molecule has 2 fully saturated rings. The van der Waals surface area contributed by atoms with Crippen LogP contribution in [0.4, 0.5) is 5.69 Å². The Bertz CT molecular complexity index is 983. The normalized spacial score (nSPS) is 24.1. The van der Waals surface area contributed by atoms with Gasteiger partial charge in [0.05, 0.1) is 24.8 Å². The van der Waals surface area contributed by atoms with Crippen LogP contribution in [0.3, 0.4) is 0 Å². The lowest BCUT2D eigenvalue weighted by atomic mass is 9.90. The van der Waals surface area contributed by atoms with E-state index >= 15 is 0 Å². The van der Waals surface area contributed by atoms with Gasteiger partial charge in [0.25, 0.3) is 5.91 Å². The van der Waals surface area contributed by atoms with Gasteiger partial charge in [0.2, 0.25) is 11.8 Å². The molecule has 2 saturated heterocycles. The maximum atomic E-state index is 13.3. The number of para-hydroxylation sites is 1. The molecule has 3 unspecified atom stereocenters. The van der Waals surface area contributed by atoms with Gasteiger partial charge in [-0.3, -0.25) is 19.2 Å². The Labute approximate surface area is 175 Å². The van der Waals surface area contributed by atoms with Crippen LogP contribution in [0.25, 0.3) is 0 Å². The lowest BCUT2D eigenvalue weighted by molar-refractivity contribution is -0.175. The van der Waals surface area contributed by atoms with Gasteiger partial charge in [-0.1, -0.05) is 34.1 Å². The van der Waals surface area contributed by atoms with E-state index in [1.165, 1.54) is 12.2 Å². The third-order valence-electron chi connectivity index (χ3n) is 5.03. The molecule has 0 bridgehead atoms. The summed E-state index contributed by atoms with van der Waals surface area (Å²) >= 11 is 3.42. The van der Waals surface area contributed by atoms with Crippen molar-refractivity contribution >= 4 is 39.3 Å². The van der Waals surface area contributed by atoms with Crippen molar-refractivity contribution in [2.45, 2.75) is 12.1 Å². The molecule has 2 aliphatic heterocycles. The van der Waals surface area contributed by atoms with Gasteiger partial charge in [0.1, 0.15) is 12.3 Å². The number of methoxy groups -OCH3 is 1. The van der Waals surface area contributed by atoms with Crippen LogP contribution in [0.2, 0.25) is 0 Å². The highest BCUT2D eigenvalue weighted by Crippen LogP contribution is 2.48. The molecule has 8 nitrogen and oxygen atoms in total. The quantitative estimate of drug-likeness (QED) is 0.683. The Morgan fingerprint density at radius 3 is 2.55 bits per heavy atom. The van der Waals surface area contributed by atoms with E-state index in [9.17, 15) is 14.4 Å². The first-order chi connectivity index (χ1) is 13.9. The molecule has 29 heavy (non-hydrogen) atoms. The molecule has 2 N–H and O–H groups in total. The van der Waals surface area contributed by atoms with Crippen molar-refractivity contribution in [3.8, 4) is 5.75 Å². The number of carbonyl (C=O) groups is 3. The fraction of sp³-hybridized carbons (Fsp3) is 0.250. The Kier molecular flexibility index (Phi) is 5.12. The van der Waals surface area contributed by atoms with E-state index in [1.54, 1.807) is 48.5 Å². The van der Waals surface area contributed by atoms with Crippen LogP contribution in [0, 0.1) is 5.92 Å². The molecule has 3 atom stereocenters. The number of halogens is 1. The Morgan fingerprint density at radius 2 is 1.90 bits per heavy atom. The van der Waals surface area contributed by atoms with Crippen LogP contribution in [-0.4, -0.2) is 42.5 Å². The second kappa shape index (κ2) is 7.58. The topological polar surface area (TPSA) is 102 Å². The van der Waals surface area contributed by atoms with E-state index in [0.29, 0.717) is 17.0 Å². The van der Waals surface area contributed by atoms with Crippen molar-refractivity contribution in [3.63, 3.8) is 0 Å². The largest absolute Gasteiger partial charge is 0.496 e. The lowest BCUT2D eigenvalue weighted by Crippen LogP contribution is -2.40. The zero-order valence-corrected chi connectivity index (χ0v) is 17.0. The predicted octanol–water partition coefficient (Wildman–Crippen LogP) is 1.79. The molecular formula is C20H18BrN3O5. The first-order valence-corrected chi connectivity index (χ1v) is 9.69. The number of hydroxylamine groups is 2. The van der Waals surface area contributed by atoms with Crippen molar-refractivity contribution in [2.24, 2.45) is 11.7 Å². The maximum Gasteiger partial charge on any atom is 0.265 e. The first kappa shape index (κ1) is 19.6. The van der Waals surface area contributed by atoms with Crippen molar-refractivity contribution in [3.05, 3.63) is 58.6 Å². The second-order valence-corrected chi connectivity index (χ2v) is 7.69. The van der Waals surface area contributed by atoms with E-state index in [0.717, 1.165) is 9.37 Å². The summed E-state index contributed by atoms with van der Waals surface area (Å²) in [6.45, 7) is -0.265. The van der Waals surface area contributed by atoms with E-state index in [-0.39, 0.29) is 6.54 Å². The highest BCUT2D eigenvalue weighted by molar-refractivity contribution is 9.10. The number of ether oxygens (including phenoxy) is 1. The van der Waals surface area contributed by atoms with Gasteiger partial charge in [0, 0.05) is 10.0 Å². The minimum absolute atomic E-state index is 0.265. The number of anilines is 1. The second-order valence-electron chi connectivity index (χ2n) is 6.77. The molecule has 9 heteroatoms. The molecule has 2 aromatic rings. The van der Waals surface area contributed by atoms with Crippen LogP contribution in [0.5, 0.6) is 5.75 Å². The molecule has 0 saturated carbocycles. The molecule has 3 amide bonds.